The average molecular weight is 448 g/mol. The van der Waals surface area contributed by atoms with Gasteiger partial charge in [-0.05, 0) is 43.2 Å². The van der Waals surface area contributed by atoms with Crippen LogP contribution in [0.2, 0.25) is 0 Å². The summed E-state index contributed by atoms with van der Waals surface area (Å²) >= 11 is 0. The number of piperidine rings is 1. The Labute approximate surface area is 180 Å². The quantitative estimate of drug-likeness (QED) is 0.613. The van der Waals surface area contributed by atoms with Gasteiger partial charge < -0.3 is 15.0 Å². The van der Waals surface area contributed by atoms with Crippen molar-refractivity contribution in [1.29, 1.82) is 0 Å². The van der Waals surface area contributed by atoms with Crippen LogP contribution in [0.25, 0.3) is 5.65 Å². The Morgan fingerprint density at radius 3 is 2.56 bits per heavy atom. The van der Waals surface area contributed by atoms with Crippen LogP contribution in [0.5, 0.6) is 0 Å². The maximum Gasteiger partial charge on any atom is 0.453 e. The van der Waals surface area contributed by atoms with E-state index in [2.05, 4.69) is 25.3 Å². The number of carbonyl (C=O) groups is 2. The fraction of sp³-hybridized carbons (Fsp3) is 0.350. The highest BCUT2D eigenvalue weighted by Crippen LogP contribution is 2.29. The molecule has 1 saturated heterocycles. The first-order chi connectivity index (χ1) is 15.3. The minimum Gasteiger partial charge on any atom is -0.465 e. The van der Waals surface area contributed by atoms with Gasteiger partial charge in [0.15, 0.2) is 5.65 Å². The molecule has 0 radical (unpaired) electrons. The van der Waals surface area contributed by atoms with Crippen LogP contribution in [0.3, 0.4) is 0 Å². The Kier molecular flexibility index (Phi) is 5.68. The van der Waals surface area contributed by atoms with Gasteiger partial charge in [-0.15, -0.1) is 15.3 Å². The zero-order chi connectivity index (χ0) is 22.9. The van der Waals surface area contributed by atoms with E-state index in [9.17, 15) is 22.8 Å². The summed E-state index contributed by atoms with van der Waals surface area (Å²) in [5, 5.41) is 13.5. The van der Waals surface area contributed by atoms with Crippen molar-refractivity contribution in [2.45, 2.75) is 19.0 Å². The largest absolute Gasteiger partial charge is 0.465 e. The molecule has 32 heavy (non-hydrogen) atoms. The number of carbonyl (C=O) groups excluding carboxylic acids is 2. The molecule has 0 unspecified atom stereocenters. The van der Waals surface area contributed by atoms with E-state index < -0.39 is 18.0 Å². The highest BCUT2D eigenvalue weighted by Gasteiger charge is 2.38. The highest BCUT2D eigenvalue weighted by molar-refractivity contribution is 5.95. The van der Waals surface area contributed by atoms with Gasteiger partial charge in [0.2, 0.25) is 5.91 Å². The number of halogens is 3. The van der Waals surface area contributed by atoms with Gasteiger partial charge in [-0.2, -0.15) is 17.7 Å². The Hall–Kier alpha value is -3.70. The van der Waals surface area contributed by atoms with Crippen LogP contribution in [0, 0.1) is 5.92 Å². The molecule has 4 rings (SSSR count). The molecule has 1 amide bonds. The predicted octanol–water partition coefficient (Wildman–Crippen LogP) is 2.78. The van der Waals surface area contributed by atoms with Gasteiger partial charge in [-0.1, -0.05) is 6.07 Å². The number of hydrogen-bond acceptors (Lipinski definition) is 7. The molecule has 0 bridgehead atoms. The summed E-state index contributed by atoms with van der Waals surface area (Å²) in [6, 6.07) is 9.46. The van der Waals surface area contributed by atoms with Crippen LogP contribution >= 0.6 is 0 Å². The van der Waals surface area contributed by atoms with E-state index in [0.29, 0.717) is 47.5 Å². The number of ether oxygens (including phenoxy) is 1. The Morgan fingerprint density at radius 1 is 1.12 bits per heavy atom. The molecule has 1 aromatic carbocycles. The summed E-state index contributed by atoms with van der Waals surface area (Å²) in [4.78, 5) is 26.1. The fourth-order valence-corrected chi connectivity index (χ4v) is 3.58. The van der Waals surface area contributed by atoms with Crippen molar-refractivity contribution in [2.75, 3.05) is 30.4 Å². The van der Waals surface area contributed by atoms with E-state index in [1.807, 2.05) is 4.90 Å². The topological polar surface area (TPSA) is 102 Å². The van der Waals surface area contributed by atoms with Crippen molar-refractivity contribution in [3.05, 3.63) is 47.8 Å². The Morgan fingerprint density at radius 2 is 1.88 bits per heavy atom. The first-order valence-electron chi connectivity index (χ1n) is 9.80. The lowest BCUT2D eigenvalue weighted by atomic mass is 9.95. The average Bonchev–Trinajstić information content (AvgIpc) is 3.22. The van der Waals surface area contributed by atoms with Crippen LogP contribution in [-0.2, 0) is 15.7 Å². The zero-order valence-corrected chi connectivity index (χ0v) is 17.0. The summed E-state index contributed by atoms with van der Waals surface area (Å²) in [5.41, 5.74) is 0.818. The van der Waals surface area contributed by atoms with Gasteiger partial charge in [-0.3, -0.25) is 4.79 Å². The normalized spacial score (nSPS) is 15.1. The van der Waals surface area contributed by atoms with Gasteiger partial charge in [-0.25, -0.2) is 4.79 Å². The number of methoxy groups -OCH3 is 1. The molecular weight excluding hydrogens is 429 g/mol. The molecule has 9 nitrogen and oxygen atoms in total. The number of rotatable bonds is 4. The second-order valence-electron chi connectivity index (χ2n) is 7.31. The van der Waals surface area contributed by atoms with Crippen LogP contribution in [-0.4, -0.2) is 51.9 Å². The number of fused-ring (bicyclic) bond motifs is 1. The first kappa shape index (κ1) is 21.5. The number of alkyl halides is 3. The van der Waals surface area contributed by atoms with Crippen LogP contribution in [0.1, 0.15) is 29.0 Å². The number of benzene rings is 1. The standard InChI is InChI=1S/C20H19F3N6O3/c1-32-18(31)13-3-2-4-14(11-13)24-17(30)12-7-9-28(10-8-12)16-6-5-15-25-26-19(20(21,22)23)29(15)27-16/h2-6,11-12H,7-10H2,1H3,(H,24,30). The molecule has 1 N–H and O–H groups in total. The number of nitrogens with zero attached hydrogens (tertiary/aromatic N) is 5. The summed E-state index contributed by atoms with van der Waals surface area (Å²) in [6.45, 7) is 0.893. The molecule has 3 heterocycles. The Bertz CT molecular complexity index is 1150. The molecule has 2 aromatic heterocycles. The summed E-state index contributed by atoms with van der Waals surface area (Å²) in [7, 11) is 1.28. The van der Waals surface area contributed by atoms with E-state index in [-0.39, 0.29) is 17.5 Å². The first-order valence-corrected chi connectivity index (χ1v) is 9.80. The number of esters is 1. The third kappa shape index (κ3) is 4.34. The lowest BCUT2D eigenvalue weighted by Crippen LogP contribution is -2.38. The zero-order valence-electron chi connectivity index (χ0n) is 17.0. The van der Waals surface area contributed by atoms with Crippen molar-refractivity contribution >= 4 is 29.0 Å². The lowest BCUT2D eigenvalue weighted by molar-refractivity contribution is -0.146. The molecule has 3 aromatic rings. The molecular formula is C20H19F3N6O3. The molecule has 0 saturated carbocycles. The summed E-state index contributed by atoms with van der Waals surface area (Å²) in [6.07, 6.45) is -3.67. The fourth-order valence-electron chi connectivity index (χ4n) is 3.58. The summed E-state index contributed by atoms with van der Waals surface area (Å²) in [5.74, 6) is -1.79. The minimum absolute atomic E-state index is 0.00419. The molecule has 0 spiro atoms. The molecule has 168 valence electrons. The van der Waals surface area contributed by atoms with Crippen molar-refractivity contribution < 1.29 is 27.5 Å². The highest BCUT2D eigenvalue weighted by atomic mass is 19.4. The number of nitrogens with one attached hydrogen (secondary N) is 1. The number of amides is 1. The van der Waals surface area contributed by atoms with E-state index in [0.717, 1.165) is 0 Å². The van der Waals surface area contributed by atoms with Crippen molar-refractivity contribution in [3.8, 4) is 0 Å². The van der Waals surface area contributed by atoms with Crippen molar-refractivity contribution in [1.82, 2.24) is 19.8 Å². The second kappa shape index (κ2) is 8.44. The van der Waals surface area contributed by atoms with Crippen molar-refractivity contribution in [3.63, 3.8) is 0 Å². The van der Waals surface area contributed by atoms with Crippen molar-refractivity contribution in [2.24, 2.45) is 5.92 Å². The third-order valence-corrected chi connectivity index (χ3v) is 5.24. The third-order valence-electron chi connectivity index (χ3n) is 5.24. The molecule has 1 fully saturated rings. The van der Waals surface area contributed by atoms with Crippen LogP contribution in [0.15, 0.2) is 36.4 Å². The smallest absolute Gasteiger partial charge is 0.453 e. The van der Waals surface area contributed by atoms with E-state index in [1.54, 1.807) is 24.3 Å². The molecule has 0 aliphatic carbocycles. The molecule has 1 aliphatic rings. The number of aromatic nitrogens is 4. The lowest BCUT2D eigenvalue weighted by Gasteiger charge is -2.32. The van der Waals surface area contributed by atoms with Gasteiger partial charge >= 0.3 is 12.1 Å². The molecule has 12 heteroatoms. The number of anilines is 2. The maximum atomic E-state index is 13.1. The van der Waals surface area contributed by atoms with Gasteiger partial charge in [0.25, 0.3) is 5.82 Å². The van der Waals surface area contributed by atoms with Gasteiger partial charge in [0, 0.05) is 24.7 Å². The monoisotopic (exact) mass is 448 g/mol. The minimum atomic E-state index is -4.67. The molecule has 0 atom stereocenters. The predicted molar refractivity (Wildman–Crippen MR) is 107 cm³/mol. The molecule has 1 aliphatic heterocycles. The van der Waals surface area contributed by atoms with Crippen LogP contribution < -0.4 is 10.2 Å². The SMILES string of the molecule is COC(=O)c1cccc(NC(=O)C2CCN(c3ccc4nnc(C(F)(F)F)n4n3)CC2)c1. The number of hydrogen-bond donors (Lipinski definition) is 1. The van der Waals surface area contributed by atoms with E-state index in [4.69, 9.17) is 0 Å². The van der Waals surface area contributed by atoms with Gasteiger partial charge in [0.1, 0.15) is 5.82 Å². The van der Waals surface area contributed by atoms with E-state index >= 15 is 0 Å². The maximum absolute atomic E-state index is 13.1. The van der Waals surface area contributed by atoms with Gasteiger partial charge in [0.05, 0.1) is 12.7 Å². The second-order valence-corrected chi connectivity index (χ2v) is 7.31. The van der Waals surface area contributed by atoms with Crippen LogP contribution in [0.4, 0.5) is 24.7 Å². The Balaban J connectivity index is 1.41. The van der Waals surface area contributed by atoms with E-state index in [1.165, 1.54) is 19.2 Å². The summed E-state index contributed by atoms with van der Waals surface area (Å²) < 4.78 is 44.6.